The van der Waals surface area contributed by atoms with Crippen LogP contribution in [0.25, 0.3) is 16.7 Å². The summed E-state index contributed by atoms with van der Waals surface area (Å²) in [7, 11) is 1.82. The summed E-state index contributed by atoms with van der Waals surface area (Å²) in [5.41, 5.74) is 5.00. The standard InChI is InChI=1S/C26H34N4O3/c1-17-9-11-21(18(2)27-17)30-22-12-10-19(14-23(22)28(6)25(30)32)20-8-7-13-29(15-20)16-24(31)33-26(3,4)5/h9-12,14,20H,7-8,13,15-16H2,1-6H3/t20-/m0/s1. The molecule has 0 saturated carbocycles. The first-order valence-electron chi connectivity index (χ1n) is 11.6. The molecule has 1 aliphatic rings. The molecule has 0 amide bonds. The number of aryl methyl sites for hydroxylation is 3. The summed E-state index contributed by atoms with van der Waals surface area (Å²) in [6.07, 6.45) is 2.09. The average molecular weight is 451 g/mol. The van der Waals surface area contributed by atoms with Crippen molar-refractivity contribution in [3.63, 3.8) is 0 Å². The van der Waals surface area contributed by atoms with E-state index in [1.807, 2.05) is 59.9 Å². The van der Waals surface area contributed by atoms with E-state index >= 15 is 0 Å². The lowest BCUT2D eigenvalue weighted by Gasteiger charge is -2.33. The van der Waals surface area contributed by atoms with Crippen molar-refractivity contribution in [2.45, 2.75) is 59.0 Å². The van der Waals surface area contributed by atoms with Gasteiger partial charge in [0.05, 0.1) is 29.0 Å². The first-order valence-corrected chi connectivity index (χ1v) is 11.6. The molecule has 4 rings (SSSR count). The van der Waals surface area contributed by atoms with E-state index in [2.05, 4.69) is 22.0 Å². The maximum absolute atomic E-state index is 13.1. The Balaban J connectivity index is 1.62. The van der Waals surface area contributed by atoms with Crippen molar-refractivity contribution in [1.29, 1.82) is 0 Å². The molecule has 176 valence electrons. The van der Waals surface area contributed by atoms with E-state index in [0.717, 1.165) is 54.0 Å². The highest BCUT2D eigenvalue weighted by Gasteiger charge is 2.26. The van der Waals surface area contributed by atoms with Crippen molar-refractivity contribution < 1.29 is 9.53 Å². The van der Waals surface area contributed by atoms with Crippen LogP contribution >= 0.6 is 0 Å². The van der Waals surface area contributed by atoms with Crippen LogP contribution < -0.4 is 5.69 Å². The molecule has 7 nitrogen and oxygen atoms in total. The Morgan fingerprint density at radius 3 is 2.61 bits per heavy atom. The van der Waals surface area contributed by atoms with Gasteiger partial charge in [-0.15, -0.1) is 0 Å². The number of aromatic nitrogens is 3. The van der Waals surface area contributed by atoms with E-state index in [0.29, 0.717) is 12.5 Å². The zero-order valence-corrected chi connectivity index (χ0v) is 20.5. The van der Waals surface area contributed by atoms with Crippen LogP contribution in [0.2, 0.25) is 0 Å². The zero-order chi connectivity index (χ0) is 23.9. The second kappa shape index (κ2) is 8.78. The first-order chi connectivity index (χ1) is 15.5. The van der Waals surface area contributed by atoms with Gasteiger partial charge in [-0.25, -0.2) is 4.79 Å². The van der Waals surface area contributed by atoms with Gasteiger partial charge in [-0.1, -0.05) is 6.07 Å². The highest BCUT2D eigenvalue weighted by atomic mass is 16.6. The van der Waals surface area contributed by atoms with Crippen LogP contribution in [0, 0.1) is 13.8 Å². The Morgan fingerprint density at radius 1 is 1.15 bits per heavy atom. The van der Waals surface area contributed by atoms with E-state index in [-0.39, 0.29) is 11.7 Å². The molecule has 0 N–H and O–H groups in total. The number of imidazole rings is 1. The maximum atomic E-state index is 13.1. The monoisotopic (exact) mass is 450 g/mol. The molecule has 1 aromatic carbocycles. The fourth-order valence-electron chi connectivity index (χ4n) is 4.78. The molecule has 0 unspecified atom stereocenters. The predicted molar refractivity (Wildman–Crippen MR) is 130 cm³/mol. The van der Waals surface area contributed by atoms with Gasteiger partial charge < -0.3 is 4.74 Å². The number of rotatable bonds is 4. The van der Waals surface area contributed by atoms with Crippen molar-refractivity contribution >= 4 is 17.0 Å². The molecule has 33 heavy (non-hydrogen) atoms. The van der Waals surface area contributed by atoms with Crippen LogP contribution in [-0.2, 0) is 16.6 Å². The zero-order valence-electron chi connectivity index (χ0n) is 20.5. The third-order valence-corrected chi connectivity index (χ3v) is 6.27. The number of benzene rings is 1. The largest absolute Gasteiger partial charge is 0.459 e. The molecule has 0 spiro atoms. The van der Waals surface area contributed by atoms with Gasteiger partial charge in [0.25, 0.3) is 0 Å². The van der Waals surface area contributed by atoms with Gasteiger partial charge in [0.2, 0.25) is 0 Å². The van der Waals surface area contributed by atoms with Crippen molar-refractivity contribution in [2.75, 3.05) is 19.6 Å². The quantitative estimate of drug-likeness (QED) is 0.565. The van der Waals surface area contributed by atoms with E-state index in [1.165, 1.54) is 5.56 Å². The van der Waals surface area contributed by atoms with Crippen LogP contribution in [0.3, 0.4) is 0 Å². The van der Waals surface area contributed by atoms with Gasteiger partial charge in [0, 0.05) is 19.3 Å². The van der Waals surface area contributed by atoms with Gasteiger partial charge in [0.15, 0.2) is 0 Å². The van der Waals surface area contributed by atoms with Gasteiger partial charge in [-0.2, -0.15) is 0 Å². The fourth-order valence-corrected chi connectivity index (χ4v) is 4.78. The summed E-state index contributed by atoms with van der Waals surface area (Å²) in [6.45, 7) is 11.6. The third kappa shape index (κ3) is 4.88. The molecule has 0 bridgehead atoms. The summed E-state index contributed by atoms with van der Waals surface area (Å²) in [5, 5.41) is 0. The Bertz CT molecular complexity index is 1250. The number of likely N-dealkylation sites (tertiary alicyclic amines) is 1. The number of piperidine rings is 1. The third-order valence-electron chi connectivity index (χ3n) is 6.27. The Kier molecular flexibility index (Phi) is 6.18. The second-order valence-electron chi connectivity index (χ2n) is 10.1. The van der Waals surface area contributed by atoms with Crippen LogP contribution in [0.15, 0.2) is 35.1 Å². The summed E-state index contributed by atoms with van der Waals surface area (Å²) in [4.78, 5) is 32.2. The van der Waals surface area contributed by atoms with Crippen LogP contribution in [0.5, 0.6) is 0 Å². The lowest BCUT2D eigenvalue weighted by molar-refractivity contribution is -0.156. The fraction of sp³-hybridized carbons (Fsp3) is 0.500. The summed E-state index contributed by atoms with van der Waals surface area (Å²) < 4.78 is 8.96. The molecule has 0 aliphatic carbocycles. The number of hydrogen-bond donors (Lipinski definition) is 0. The molecule has 0 radical (unpaired) electrons. The minimum atomic E-state index is -0.472. The number of esters is 1. The van der Waals surface area contributed by atoms with E-state index in [4.69, 9.17) is 4.74 Å². The highest BCUT2D eigenvalue weighted by molar-refractivity contribution is 5.79. The molecule has 7 heteroatoms. The summed E-state index contributed by atoms with van der Waals surface area (Å²) >= 11 is 0. The lowest BCUT2D eigenvalue weighted by Crippen LogP contribution is -2.40. The van der Waals surface area contributed by atoms with Crippen LogP contribution in [0.1, 0.15) is 56.5 Å². The van der Waals surface area contributed by atoms with Crippen molar-refractivity contribution in [2.24, 2.45) is 7.05 Å². The second-order valence-corrected chi connectivity index (χ2v) is 10.1. The molecule has 1 fully saturated rings. The van der Waals surface area contributed by atoms with Crippen LogP contribution in [0.4, 0.5) is 0 Å². The molecular formula is C26H34N4O3. The number of hydrogen-bond acceptors (Lipinski definition) is 5. The molecule has 3 aromatic rings. The Hall–Kier alpha value is -2.93. The van der Waals surface area contributed by atoms with Crippen molar-refractivity contribution in [3.05, 3.63) is 57.8 Å². The SMILES string of the molecule is Cc1ccc(-n2c(=O)n(C)c3cc([C@H]4CCCN(CC(=O)OC(C)(C)C)C4)ccc32)c(C)n1. The number of fused-ring (bicyclic) bond motifs is 1. The lowest BCUT2D eigenvalue weighted by atomic mass is 9.90. The molecule has 3 heterocycles. The predicted octanol–water partition coefficient (Wildman–Crippen LogP) is 3.86. The first kappa shape index (κ1) is 23.2. The number of ether oxygens (including phenoxy) is 1. The topological polar surface area (TPSA) is 69.4 Å². The number of nitrogens with zero attached hydrogens (tertiary/aromatic N) is 4. The van der Waals surface area contributed by atoms with Gasteiger partial charge >= 0.3 is 11.7 Å². The minimum Gasteiger partial charge on any atom is -0.459 e. The Morgan fingerprint density at radius 2 is 1.91 bits per heavy atom. The molecule has 1 aliphatic heterocycles. The molecular weight excluding hydrogens is 416 g/mol. The normalized spacial score (nSPS) is 17.5. The number of carbonyl (C=O) groups is 1. The van der Waals surface area contributed by atoms with E-state index < -0.39 is 5.60 Å². The summed E-state index contributed by atoms with van der Waals surface area (Å²) in [6, 6.07) is 10.2. The van der Waals surface area contributed by atoms with Gasteiger partial charge in [-0.05, 0) is 89.8 Å². The van der Waals surface area contributed by atoms with Crippen molar-refractivity contribution in [3.8, 4) is 5.69 Å². The highest BCUT2D eigenvalue weighted by Crippen LogP contribution is 2.30. The maximum Gasteiger partial charge on any atom is 0.333 e. The van der Waals surface area contributed by atoms with E-state index in [1.54, 1.807) is 9.13 Å². The smallest absolute Gasteiger partial charge is 0.333 e. The van der Waals surface area contributed by atoms with Crippen LogP contribution in [-0.4, -0.2) is 50.2 Å². The summed E-state index contributed by atoms with van der Waals surface area (Å²) in [5.74, 6) is 0.131. The van der Waals surface area contributed by atoms with Crippen molar-refractivity contribution in [1.82, 2.24) is 19.0 Å². The molecule has 1 saturated heterocycles. The van der Waals surface area contributed by atoms with E-state index in [9.17, 15) is 9.59 Å². The molecule has 2 aromatic heterocycles. The van der Waals surface area contributed by atoms with Gasteiger partial charge in [-0.3, -0.25) is 23.8 Å². The molecule has 1 atom stereocenters. The number of pyridine rings is 1. The number of carbonyl (C=O) groups excluding carboxylic acids is 1. The van der Waals surface area contributed by atoms with Gasteiger partial charge in [0.1, 0.15) is 5.60 Å². The average Bonchev–Trinajstić information content (AvgIpc) is 2.97. The minimum absolute atomic E-state index is 0.0777. The Labute approximate surface area is 195 Å².